The quantitative estimate of drug-likeness (QED) is 0.895. The summed E-state index contributed by atoms with van der Waals surface area (Å²) in [4.78, 5) is 12.6. The standard InChI is InChI=1S/C12H19F2N3O2/c1-7(5-10-8(2)16-19-9(10)3)15-12(18)17(4)6-11(13)14/h7,11H,5-6H2,1-4H3,(H,15,18). The Morgan fingerprint density at radius 2 is 2.11 bits per heavy atom. The molecule has 0 aliphatic carbocycles. The van der Waals surface area contributed by atoms with E-state index in [0.29, 0.717) is 12.2 Å². The summed E-state index contributed by atoms with van der Waals surface area (Å²) >= 11 is 0. The predicted molar refractivity (Wildman–Crippen MR) is 66.3 cm³/mol. The van der Waals surface area contributed by atoms with Gasteiger partial charge in [-0.25, -0.2) is 13.6 Å². The summed E-state index contributed by atoms with van der Waals surface area (Å²) in [6.45, 7) is 4.85. The Kier molecular flexibility index (Phi) is 5.26. The summed E-state index contributed by atoms with van der Waals surface area (Å²) in [7, 11) is 1.34. The number of aromatic nitrogens is 1. The van der Waals surface area contributed by atoms with Gasteiger partial charge in [-0.05, 0) is 27.2 Å². The number of alkyl halides is 2. The molecule has 0 spiro atoms. The van der Waals surface area contributed by atoms with E-state index in [1.807, 2.05) is 6.92 Å². The third-order valence-corrected chi connectivity index (χ3v) is 2.82. The lowest BCUT2D eigenvalue weighted by atomic mass is 10.1. The second-order valence-corrected chi connectivity index (χ2v) is 4.63. The van der Waals surface area contributed by atoms with Crippen molar-refractivity contribution in [2.24, 2.45) is 0 Å². The van der Waals surface area contributed by atoms with Crippen LogP contribution in [0.2, 0.25) is 0 Å². The minimum Gasteiger partial charge on any atom is -0.361 e. The van der Waals surface area contributed by atoms with Crippen LogP contribution in [0.5, 0.6) is 0 Å². The molecule has 1 rings (SSSR count). The predicted octanol–water partition coefficient (Wildman–Crippen LogP) is 2.13. The number of halogens is 2. The van der Waals surface area contributed by atoms with Gasteiger partial charge in [0.25, 0.3) is 6.43 Å². The molecule has 0 saturated carbocycles. The van der Waals surface area contributed by atoms with Gasteiger partial charge in [-0.3, -0.25) is 0 Å². The van der Waals surface area contributed by atoms with E-state index in [0.717, 1.165) is 16.2 Å². The molecule has 0 saturated heterocycles. The van der Waals surface area contributed by atoms with Crippen LogP contribution in [0.25, 0.3) is 0 Å². The van der Waals surface area contributed by atoms with Crippen molar-refractivity contribution in [1.29, 1.82) is 0 Å². The zero-order valence-electron chi connectivity index (χ0n) is 11.5. The van der Waals surface area contributed by atoms with Crippen LogP contribution in [-0.4, -0.2) is 42.1 Å². The topological polar surface area (TPSA) is 58.4 Å². The molecule has 0 aliphatic rings. The maximum atomic E-state index is 12.2. The Bertz CT molecular complexity index is 415. The van der Waals surface area contributed by atoms with Crippen LogP contribution >= 0.6 is 0 Å². The van der Waals surface area contributed by atoms with Gasteiger partial charge < -0.3 is 14.7 Å². The highest BCUT2D eigenvalue weighted by atomic mass is 19.3. The molecule has 5 nitrogen and oxygen atoms in total. The van der Waals surface area contributed by atoms with Crippen LogP contribution < -0.4 is 5.32 Å². The third-order valence-electron chi connectivity index (χ3n) is 2.82. The van der Waals surface area contributed by atoms with Gasteiger partial charge in [0.15, 0.2) is 0 Å². The maximum absolute atomic E-state index is 12.2. The number of carbonyl (C=O) groups is 1. The van der Waals surface area contributed by atoms with Crippen molar-refractivity contribution >= 4 is 6.03 Å². The van der Waals surface area contributed by atoms with Crippen LogP contribution in [0.4, 0.5) is 13.6 Å². The lowest BCUT2D eigenvalue weighted by Crippen LogP contribution is -2.44. The minimum atomic E-state index is -2.53. The van der Waals surface area contributed by atoms with E-state index in [-0.39, 0.29) is 6.04 Å². The summed E-state index contributed by atoms with van der Waals surface area (Å²) in [5.41, 5.74) is 1.71. The first-order valence-corrected chi connectivity index (χ1v) is 6.02. The monoisotopic (exact) mass is 275 g/mol. The average molecular weight is 275 g/mol. The number of urea groups is 1. The van der Waals surface area contributed by atoms with E-state index in [1.54, 1.807) is 13.8 Å². The molecule has 1 unspecified atom stereocenters. The maximum Gasteiger partial charge on any atom is 0.317 e. The first-order valence-electron chi connectivity index (χ1n) is 6.02. The largest absolute Gasteiger partial charge is 0.361 e. The van der Waals surface area contributed by atoms with Crippen molar-refractivity contribution in [2.45, 2.75) is 39.7 Å². The second kappa shape index (κ2) is 6.49. The fraction of sp³-hybridized carbons (Fsp3) is 0.667. The molecule has 1 atom stereocenters. The zero-order chi connectivity index (χ0) is 14.6. The molecule has 0 radical (unpaired) electrons. The summed E-state index contributed by atoms with van der Waals surface area (Å²) in [5.74, 6) is 0.708. The molecule has 0 aromatic carbocycles. The van der Waals surface area contributed by atoms with Gasteiger partial charge in [0, 0.05) is 18.7 Å². The number of hydrogen-bond donors (Lipinski definition) is 1. The first kappa shape index (κ1) is 15.4. The SMILES string of the molecule is Cc1noc(C)c1CC(C)NC(=O)N(C)CC(F)F. The Morgan fingerprint density at radius 1 is 1.47 bits per heavy atom. The number of aryl methyl sites for hydroxylation is 2. The second-order valence-electron chi connectivity index (χ2n) is 4.63. The van der Waals surface area contributed by atoms with Crippen molar-refractivity contribution in [2.75, 3.05) is 13.6 Å². The van der Waals surface area contributed by atoms with Gasteiger partial charge in [0.05, 0.1) is 12.2 Å². The van der Waals surface area contributed by atoms with Crippen LogP contribution in [0.3, 0.4) is 0 Å². The highest BCUT2D eigenvalue weighted by molar-refractivity contribution is 5.74. The van der Waals surface area contributed by atoms with Gasteiger partial charge in [-0.1, -0.05) is 5.16 Å². The third kappa shape index (κ3) is 4.50. The van der Waals surface area contributed by atoms with Crippen LogP contribution in [0.1, 0.15) is 23.9 Å². The lowest BCUT2D eigenvalue weighted by Gasteiger charge is -2.21. The number of nitrogens with zero attached hydrogens (tertiary/aromatic N) is 2. The van der Waals surface area contributed by atoms with E-state index in [1.165, 1.54) is 7.05 Å². The van der Waals surface area contributed by atoms with Crippen molar-refractivity contribution in [3.05, 3.63) is 17.0 Å². The number of carbonyl (C=O) groups excluding carboxylic acids is 1. The molecular weight excluding hydrogens is 256 g/mol. The highest BCUT2D eigenvalue weighted by Crippen LogP contribution is 2.14. The number of amides is 2. The Balaban J connectivity index is 2.51. The Labute approximate surface area is 110 Å². The summed E-state index contributed by atoms with van der Waals surface area (Å²) in [6.07, 6.45) is -1.98. The van der Waals surface area contributed by atoms with Crippen LogP contribution in [0.15, 0.2) is 4.52 Å². The zero-order valence-corrected chi connectivity index (χ0v) is 11.5. The fourth-order valence-electron chi connectivity index (χ4n) is 1.76. The number of hydrogen-bond acceptors (Lipinski definition) is 3. The summed E-state index contributed by atoms with van der Waals surface area (Å²) < 4.78 is 29.3. The van der Waals surface area contributed by atoms with E-state index in [9.17, 15) is 13.6 Å². The lowest BCUT2D eigenvalue weighted by molar-refractivity contribution is 0.107. The van der Waals surface area contributed by atoms with Gasteiger partial charge in [-0.15, -0.1) is 0 Å². The molecule has 2 amide bonds. The minimum absolute atomic E-state index is 0.190. The van der Waals surface area contributed by atoms with Crippen LogP contribution in [0, 0.1) is 13.8 Å². The summed E-state index contributed by atoms with van der Waals surface area (Å²) in [5, 5.41) is 6.49. The number of nitrogens with one attached hydrogen (secondary N) is 1. The van der Waals surface area contributed by atoms with Gasteiger partial charge in [0.2, 0.25) is 0 Å². The molecular formula is C12H19F2N3O2. The Hall–Kier alpha value is -1.66. The summed E-state index contributed by atoms with van der Waals surface area (Å²) in [6, 6.07) is -0.705. The molecule has 0 bridgehead atoms. The molecule has 108 valence electrons. The van der Waals surface area contributed by atoms with Crippen molar-refractivity contribution in [3.63, 3.8) is 0 Å². The average Bonchev–Trinajstić information content (AvgIpc) is 2.59. The molecule has 7 heteroatoms. The van der Waals surface area contributed by atoms with E-state index in [2.05, 4.69) is 10.5 Å². The van der Waals surface area contributed by atoms with Gasteiger partial charge >= 0.3 is 6.03 Å². The van der Waals surface area contributed by atoms with Crippen LogP contribution in [-0.2, 0) is 6.42 Å². The molecule has 1 aromatic heterocycles. The van der Waals surface area contributed by atoms with Crippen molar-refractivity contribution in [3.8, 4) is 0 Å². The first-order chi connectivity index (χ1) is 8.81. The van der Waals surface area contributed by atoms with Gasteiger partial charge in [-0.2, -0.15) is 0 Å². The van der Waals surface area contributed by atoms with Gasteiger partial charge in [0.1, 0.15) is 5.76 Å². The van der Waals surface area contributed by atoms with E-state index >= 15 is 0 Å². The Morgan fingerprint density at radius 3 is 2.58 bits per heavy atom. The fourth-order valence-corrected chi connectivity index (χ4v) is 1.76. The van der Waals surface area contributed by atoms with E-state index in [4.69, 9.17) is 4.52 Å². The molecule has 1 heterocycles. The molecule has 0 aliphatic heterocycles. The van der Waals surface area contributed by atoms with E-state index < -0.39 is 19.0 Å². The smallest absolute Gasteiger partial charge is 0.317 e. The normalized spacial score (nSPS) is 12.6. The molecule has 19 heavy (non-hydrogen) atoms. The molecule has 0 fully saturated rings. The molecule has 1 aromatic rings. The highest BCUT2D eigenvalue weighted by Gasteiger charge is 2.18. The van der Waals surface area contributed by atoms with Crippen molar-refractivity contribution < 1.29 is 18.1 Å². The molecule has 1 N–H and O–H groups in total. The number of rotatable bonds is 5. The van der Waals surface area contributed by atoms with Crippen molar-refractivity contribution in [1.82, 2.24) is 15.4 Å².